The molecule has 0 saturated carbocycles. The number of aromatic hydroxyl groups is 1. The van der Waals surface area contributed by atoms with Crippen molar-refractivity contribution >= 4 is 11.8 Å². The van der Waals surface area contributed by atoms with E-state index in [0.717, 1.165) is 11.3 Å². The number of Topliss-reactive ketones (excluding diaryl/α,β-unsaturated/α-hetero) is 1. The fourth-order valence-corrected chi connectivity index (χ4v) is 4.81. The van der Waals surface area contributed by atoms with Crippen molar-refractivity contribution < 1.29 is 24.2 Å². The van der Waals surface area contributed by atoms with Gasteiger partial charge in [-0.2, -0.15) is 0 Å². The number of carbonyl (C=O) groups excluding carboxylic acids is 2. The largest absolute Gasteiger partial charge is 0.504 e. The number of dihydropyridines is 1. The van der Waals surface area contributed by atoms with E-state index in [-0.39, 0.29) is 29.3 Å². The van der Waals surface area contributed by atoms with Crippen LogP contribution in [0.2, 0.25) is 0 Å². The molecule has 3 atom stereocenters. The van der Waals surface area contributed by atoms with Crippen LogP contribution >= 0.6 is 0 Å². The van der Waals surface area contributed by atoms with E-state index in [4.69, 9.17) is 9.47 Å². The molecule has 0 radical (unpaired) electrons. The first-order chi connectivity index (χ1) is 16.3. The number of methoxy groups -OCH3 is 1. The van der Waals surface area contributed by atoms with Crippen LogP contribution in [0.25, 0.3) is 0 Å². The number of hydrogen-bond donors (Lipinski definition) is 2. The molecule has 0 unspecified atom stereocenters. The minimum atomic E-state index is -0.605. The first-order valence-corrected chi connectivity index (χ1v) is 11.7. The molecule has 2 aromatic carbocycles. The quantitative estimate of drug-likeness (QED) is 0.582. The standard InChI is InChI=1S/C28H31NO5/c1-5-16(2)34-28(32)25-17(3)29-21-13-20(18-9-7-6-8-10-18)14-23(31)27(21)26(25)19-11-12-22(30)24(15-19)33-4/h6-12,15-16,20,26,29-30H,5,13-14H2,1-4H3/t16-,20+,26+/m1/s1. The second-order valence-electron chi connectivity index (χ2n) is 8.98. The lowest BCUT2D eigenvalue weighted by Crippen LogP contribution is -2.36. The smallest absolute Gasteiger partial charge is 0.337 e. The normalized spacial score (nSPS) is 21.0. The zero-order valence-electron chi connectivity index (χ0n) is 20.1. The van der Waals surface area contributed by atoms with Gasteiger partial charge in [-0.3, -0.25) is 4.79 Å². The highest BCUT2D eigenvalue weighted by Gasteiger charge is 2.41. The molecule has 2 aromatic rings. The lowest BCUT2D eigenvalue weighted by molar-refractivity contribution is -0.144. The van der Waals surface area contributed by atoms with Crippen molar-refractivity contribution in [3.8, 4) is 11.5 Å². The van der Waals surface area contributed by atoms with Crippen molar-refractivity contribution in [3.63, 3.8) is 0 Å². The van der Waals surface area contributed by atoms with Crippen molar-refractivity contribution in [1.82, 2.24) is 5.32 Å². The number of rotatable bonds is 6. The fraction of sp³-hybridized carbons (Fsp3) is 0.357. The van der Waals surface area contributed by atoms with Crippen molar-refractivity contribution in [1.29, 1.82) is 0 Å². The number of phenolic OH excluding ortho intramolecular Hbond substituents is 1. The molecule has 0 amide bonds. The van der Waals surface area contributed by atoms with E-state index in [2.05, 4.69) is 5.32 Å². The Balaban J connectivity index is 1.82. The molecule has 1 aliphatic heterocycles. The van der Waals surface area contributed by atoms with E-state index >= 15 is 0 Å². The molecular weight excluding hydrogens is 430 g/mol. The number of hydrogen-bond acceptors (Lipinski definition) is 6. The fourth-order valence-electron chi connectivity index (χ4n) is 4.81. The number of ether oxygens (including phenoxy) is 2. The topological polar surface area (TPSA) is 84.9 Å². The van der Waals surface area contributed by atoms with E-state index < -0.39 is 11.9 Å². The van der Waals surface area contributed by atoms with Crippen LogP contribution in [0.3, 0.4) is 0 Å². The van der Waals surface area contributed by atoms with E-state index in [1.807, 2.05) is 51.1 Å². The van der Waals surface area contributed by atoms with Gasteiger partial charge in [-0.15, -0.1) is 0 Å². The summed E-state index contributed by atoms with van der Waals surface area (Å²) in [6.07, 6.45) is 1.47. The second kappa shape index (κ2) is 9.75. The predicted octanol–water partition coefficient (Wildman–Crippen LogP) is 5.10. The average Bonchev–Trinajstić information content (AvgIpc) is 2.83. The van der Waals surface area contributed by atoms with E-state index in [9.17, 15) is 14.7 Å². The van der Waals surface area contributed by atoms with Gasteiger partial charge in [0.2, 0.25) is 0 Å². The monoisotopic (exact) mass is 461 g/mol. The maximum absolute atomic E-state index is 13.6. The van der Waals surface area contributed by atoms with E-state index in [1.165, 1.54) is 13.2 Å². The Bertz CT molecular complexity index is 1160. The number of phenols is 1. The summed E-state index contributed by atoms with van der Waals surface area (Å²) in [5, 5.41) is 13.5. The summed E-state index contributed by atoms with van der Waals surface area (Å²) >= 11 is 0. The third kappa shape index (κ3) is 4.45. The van der Waals surface area contributed by atoms with Crippen LogP contribution in [-0.4, -0.2) is 30.1 Å². The zero-order chi connectivity index (χ0) is 24.4. The minimum absolute atomic E-state index is 0.000912. The molecule has 2 N–H and O–H groups in total. The highest BCUT2D eigenvalue weighted by Crippen LogP contribution is 2.47. The lowest BCUT2D eigenvalue weighted by atomic mass is 9.71. The SMILES string of the molecule is CC[C@@H](C)OC(=O)C1=C(C)NC2=C(C(=O)C[C@@H](c3ccccc3)C2)[C@H]1c1ccc(O)c(OC)c1. The molecule has 2 aliphatic rings. The van der Waals surface area contributed by atoms with Gasteiger partial charge in [-0.25, -0.2) is 4.79 Å². The van der Waals surface area contributed by atoms with Crippen molar-refractivity contribution in [2.45, 2.75) is 58.0 Å². The van der Waals surface area contributed by atoms with Gasteiger partial charge in [-0.05, 0) is 55.9 Å². The summed E-state index contributed by atoms with van der Waals surface area (Å²) < 4.78 is 11.0. The van der Waals surface area contributed by atoms with Crippen LogP contribution in [0.5, 0.6) is 11.5 Å². The molecule has 1 heterocycles. The van der Waals surface area contributed by atoms with Crippen molar-refractivity contribution in [2.75, 3.05) is 7.11 Å². The van der Waals surface area contributed by atoms with Crippen LogP contribution in [0.15, 0.2) is 71.1 Å². The zero-order valence-corrected chi connectivity index (χ0v) is 20.1. The third-order valence-electron chi connectivity index (χ3n) is 6.74. The highest BCUT2D eigenvalue weighted by molar-refractivity contribution is 6.04. The van der Waals surface area contributed by atoms with Gasteiger partial charge in [-0.1, -0.05) is 43.3 Å². The van der Waals surface area contributed by atoms with Gasteiger partial charge < -0.3 is 19.9 Å². The maximum Gasteiger partial charge on any atom is 0.337 e. The van der Waals surface area contributed by atoms with Gasteiger partial charge in [0, 0.05) is 29.3 Å². The Kier molecular flexibility index (Phi) is 6.77. The molecule has 1 aliphatic carbocycles. The van der Waals surface area contributed by atoms with Crippen LogP contribution in [0.4, 0.5) is 0 Å². The third-order valence-corrected chi connectivity index (χ3v) is 6.74. The van der Waals surface area contributed by atoms with Gasteiger partial charge in [0.25, 0.3) is 0 Å². The molecule has 0 spiro atoms. The summed E-state index contributed by atoms with van der Waals surface area (Å²) in [6, 6.07) is 15.0. The minimum Gasteiger partial charge on any atom is -0.504 e. The van der Waals surface area contributed by atoms with E-state index in [0.29, 0.717) is 41.7 Å². The molecule has 178 valence electrons. The molecule has 34 heavy (non-hydrogen) atoms. The summed E-state index contributed by atoms with van der Waals surface area (Å²) in [4.78, 5) is 26.9. The number of nitrogens with one attached hydrogen (secondary N) is 1. The van der Waals surface area contributed by atoms with Crippen LogP contribution in [-0.2, 0) is 14.3 Å². The van der Waals surface area contributed by atoms with Gasteiger partial charge in [0.15, 0.2) is 17.3 Å². The van der Waals surface area contributed by atoms with Gasteiger partial charge in [0.1, 0.15) is 0 Å². The van der Waals surface area contributed by atoms with Gasteiger partial charge in [0.05, 0.1) is 18.8 Å². The summed E-state index contributed by atoms with van der Waals surface area (Å²) in [5.74, 6) is -0.696. The second-order valence-corrected chi connectivity index (χ2v) is 8.98. The number of esters is 1. The molecule has 6 nitrogen and oxygen atoms in total. The Labute approximate surface area is 200 Å². The van der Waals surface area contributed by atoms with Crippen molar-refractivity contribution in [2.24, 2.45) is 0 Å². The molecule has 0 saturated heterocycles. The molecule has 0 aromatic heterocycles. The number of carbonyl (C=O) groups is 2. The number of benzene rings is 2. The first-order valence-electron chi connectivity index (χ1n) is 11.7. The predicted molar refractivity (Wildman–Crippen MR) is 130 cm³/mol. The maximum atomic E-state index is 13.6. The average molecular weight is 462 g/mol. The van der Waals surface area contributed by atoms with E-state index in [1.54, 1.807) is 12.1 Å². The van der Waals surface area contributed by atoms with Gasteiger partial charge >= 0.3 is 5.97 Å². The summed E-state index contributed by atoms with van der Waals surface area (Å²) in [6.45, 7) is 5.65. The highest BCUT2D eigenvalue weighted by atomic mass is 16.5. The molecule has 4 rings (SSSR count). The Morgan fingerprint density at radius 3 is 2.56 bits per heavy atom. The van der Waals surface area contributed by atoms with Crippen LogP contribution in [0, 0.1) is 0 Å². The molecule has 0 bridgehead atoms. The summed E-state index contributed by atoms with van der Waals surface area (Å²) in [7, 11) is 1.47. The van der Waals surface area contributed by atoms with Crippen molar-refractivity contribution in [3.05, 3.63) is 82.2 Å². The Hall–Kier alpha value is -3.54. The molecular formula is C28H31NO5. The summed E-state index contributed by atoms with van der Waals surface area (Å²) in [5.41, 5.74) is 4.33. The van der Waals surface area contributed by atoms with Crippen LogP contribution < -0.4 is 10.1 Å². The first kappa shape index (κ1) is 23.6. The Morgan fingerprint density at radius 1 is 1.15 bits per heavy atom. The number of allylic oxidation sites excluding steroid dienone is 3. The molecule has 0 fully saturated rings. The lowest BCUT2D eigenvalue weighted by Gasteiger charge is -2.37. The molecule has 6 heteroatoms. The van der Waals surface area contributed by atoms with Crippen LogP contribution in [0.1, 0.15) is 63.0 Å². The number of ketones is 1. The Morgan fingerprint density at radius 2 is 1.88 bits per heavy atom.